The molecule has 0 unspecified atom stereocenters. The van der Waals surface area contributed by atoms with E-state index in [0.29, 0.717) is 25.5 Å². The van der Waals surface area contributed by atoms with Gasteiger partial charge >= 0.3 is 12.1 Å². The van der Waals surface area contributed by atoms with Gasteiger partial charge in [0.25, 0.3) is 0 Å². The highest BCUT2D eigenvalue weighted by Crippen LogP contribution is 2.19. The zero-order valence-corrected chi connectivity index (χ0v) is 16.8. The number of amides is 1. The summed E-state index contributed by atoms with van der Waals surface area (Å²) in [5.41, 5.74) is -0.896. The average Bonchev–Trinajstić information content (AvgIpc) is 2.45. The molecule has 146 valence electrons. The van der Waals surface area contributed by atoms with Gasteiger partial charge in [0.05, 0.1) is 6.61 Å². The van der Waals surface area contributed by atoms with Crippen LogP contribution in [-0.4, -0.2) is 43.5 Å². The summed E-state index contributed by atoms with van der Waals surface area (Å²) in [6.45, 7) is 17.8. The molecular weight excluding hydrogens is 322 g/mol. The van der Waals surface area contributed by atoms with E-state index in [1.807, 2.05) is 48.5 Å². The summed E-state index contributed by atoms with van der Waals surface area (Å²) in [6.07, 6.45) is 1.01. The van der Waals surface area contributed by atoms with Gasteiger partial charge in [-0.1, -0.05) is 40.3 Å². The first-order valence-corrected chi connectivity index (χ1v) is 8.72. The molecule has 0 aliphatic heterocycles. The molecule has 0 heterocycles. The Labute approximate surface area is 152 Å². The van der Waals surface area contributed by atoms with Crippen LogP contribution in [0.1, 0.15) is 54.9 Å². The molecule has 6 heteroatoms. The van der Waals surface area contributed by atoms with Crippen LogP contribution in [0.5, 0.6) is 0 Å². The molecule has 0 fully saturated rings. The van der Waals surface area contributed by atoms with E-state index < -0.39 is 17.8 Å². The van der Waals surface area contributed by atoms with Gasteiger partial charge in [0.15, 0.2) is 6.10 Å². The van der Waals surface area contributed by atoms with E-state index in [4.69, 9.17) is 14.2 Å². The number of carbonyl (C=O) groups excluding carboxylic acids is 2. The van der Waals surface area contributed by atoms with E-state index in [0.717, 1.165) is 0 Å². The summed E-state index contributed by atoms with van der Waals surface area (Å²) < 4.78 is 16.1. The van der Waals surface area contributed by atoms with Crippen molar-refractivity contribution in [3.05, 3.63) is 12.7 Å². The molecule has 1 amide bonds. The van der Waals surface area contributed by atoms with Crippen molar-refractivity contribution in [2.45, 2.75) is 66.6 Å². The van der Waals surface area contributed by atoms with Crippen LogP contribution in [-0.2, 0) is 19.0 Å². The number of ether oxygens (including phenoxy) is 3. The molecule has 6 nitrogen and oxygen atoms in total. The quantitative estimate of drug-likeness (QED) is 0.477. The zero-order valence-electron chi connectivity index (χ0n) is 16.8. The van der Waals surface area contributed by atoms with Gasteiger partial charge in [-0.2, -0.15) is 0 Å². The van der Waals surface area contributed by atoms with Crippen molar-refractivity contribution in [2.75, 3.05) is 19.8 Å². The van der Waals surface area contributed by atoms with Gasteiger partial charge in [-0.05, 0) is 33.1 Å². The normalized spacial score (nSPS) is 13.3. The summed E-state index contributed by atoms with van der Waals surface area (Å²) in [5.74, 6) is -0.0891. The summed E-state index contributed by atoms with van der Waals surface area (Å²) in [7, 11) is 0. The molecule has 0 aliphatic carbocycles. The van der Waals surface area contributed by atoms with Gasteiger partial charge in [-0.25, -0.2) is 9.59 Å². The van der Waals surface area contributed by atoms with Crippen LogP contribution >= 0.6 is 0 Å². The molecule has 0 aromatic rings. The van der Waals surface area contributed by atoms with Gasteiger partial charge < -0.3 is 19.5 Å². The van der Waals surface area contributed by atoms with Crippen molar-refractivity contribution >= 4 is 12.1 Å². The third-order valence-electron chi connectivity index (χ3n) is 3.08. The van der Waals surface area contributed by atoms with Crippen molar-refractivity contribution in [2.24, 2.45) is 11.3 Å². The first-order chi connectivity index (χ1) is 11.4. The highest BCUT2D eigenvalue weighted by atomic mass is 16.6. The maximum Gasteiger partial charge on any atom is 0.407 e. The Bertz CT molecular complexity index is 438. The Morgan fingerprint density at radius 1 is 1.16 bits per heavy atom. The largest absolute Gasteiger partial charge is 0.460 e. The van der Waals surface area contributed by atoms with Crippen LogP contribution in [0.4, 0.5) is 4.79 Å². The first-order valence-electron chi connectivity index (χ1n) is 8.72. The molecule has 0 bridgehead atoms. The number of alkyl carbamates (subject to hydrolysis) is 1. The van der Waals surface area contributed by atoms with E-state index in [2.05, 4.69) is 11.9 Å². The van der Waals surface area contributed by atoms with Crippen LogP contribution in [0.3, 0.4) is 0 Å². The van der Waals surface area contributed by atoms with Crippen molar-refractivity contribution in [3.63, 3.8) is 0 Å². The average molecular weight is 357 g/mol. The monoisotopic (exact) mass is 357 g/mol. The Balaban J connectivity index is 4.54. The third kappa shape index (κ3) is 12.5. The van der Waals surface area contributed by atoms with Crippen molar-refractivity contribution < 1.29 is 23.8 Å². The molecule has 0 aromatic heterocycles. The Morgan fingerprint density at radius 3 is 2.24 bits per heavy atom. The summed E-state index contributed by atoms with van der Waals surface area (Å²) >= 11 is 0. The lowest BCUT2D eigenvalue weighted by molar-refractivity contribution is -0.159. The van der Waals surface area contributed by atoms with E-state index in [1.54, 1.807) is 0 Å². The number of hydrogen-bond donors (Lipinski definition) is 1. The Kier molecular flexibility index (Phi) is 9.78. The second kappa shape index (κ2) is 10.4. The molecule has 25 heavy (non-hydrogen) atoms. The molecule has 0 rings (SSSR count). The molecule has 1 atom stereocenters. The van der Waals surface area contributed by atoms with Gasteiger partial charge in [0, 0.05) is 12.0 Å². The lowest BCUT2D eigenvalue weighted by Crippen LogP contribution is -2.41. The predicted molar refractivity (Wildman–Crippen MR) is 98.4 cm³/mol. The molecular formula is C19H35NO5. The Morgan fingerprint density at radius 2 is 1.76 bits per heavy atom. The minimum absolute atomic E-state index is 0.167. The van der Waals surface area contributed by atoms with Gasteiger partial charge in [-0.15, -0.1) is 0 Å². The standard InChI is InChI=1S/C19H35NO5/c1-9-10-23-16(21)15(11-14(2)3)24-13-19(7,8)12-20-17(22)25-18(4,5)6/h9,14-15H,1,10-13H2,2-8H3,(H,20,22)/t15-/m0/s1. The maximum atomic E-state index is 12.1. The van der Waals surface area contributed by atoms with Gasteiger partial charge in [-0.3, -0.25) is 0 Å². The van der Waals surface area contributed by atoms with Crippen LogP contribution in [0.2, 0.25) is 0 Å². The fraction of sp³-hybridized carbons (Fsp3) is 0.789. The van der Waals surface area contributed by atoms with Crippen LogP contribution in [0, 0.1) is 11.3 Å². The molecule has 0 saturated carbocycles. The van der Waals surface area contributed by atoms with Gasteiger partial charge in [0.2, 0.25) is 0 Å². The van der Waals surface area contributed by atoms with Gasteiger partial charge in [0.1, 0.15) is 12.2 Å². The van der Waals surface area contributed by atoms with Crippen molar-refractivity contribution in [1.29, 1.82) is 0 Å². The maximum absolute atomic E-state index is 12.1. The van der Waals surface area contributed by atoms with E-state index >= 15 is 0 Å². The molecule has 0 saturated heterocycles. The number of esters is 1. The lowest BCUT2D eigenvalue weighted by Gasteiger charge is -2.28. The molecule has 0 aliphatic rings. The first kappa shape index (κ1) is 23.4. The number of hydrogen-bond acceptors (Lipinski definition) is 5. The zero-order chi connectivity index (χ0) is 19.7. The molecule has 0 aromatic carbocycles. The number of nitrogens with one attached hydrogen (secondary N) is 1. The third-order valence-corrected chi connectivity index (χ3v) is 3.08. The number of rotatable bonds is 10. The van der Waals surface area contributed by atoms with Crippen LogP contribution in [0.25, 0.3) is 0 Å². The Hall–Kier alpha value is -1.56. The second-order valence-corrected chi connectivity index (χ2v) is 8.37. The second-order valence-electron chi connectivity index (χ2n) is 8.37. The lowest BCUT2D eigenvalue weighted by atomic mass is 9.94. The molecule has 1 N–H and O–H groups in total. The number of carbonyl (C=O) groups is 2. The summed E-state index contributed by atoms with van der Waals surface area (Å²) in [5, 5.41) is 2.74. The molecule has 0 spiro atoms. The van der Waals surface area contributed by atoms with Crippen molar-refractivity contribution in [3.8, 4) is 0 Å². The minimum atomic E-state index is -0.624. The van der Waals surface area contributed by atoms with Crippen molar-refractivity contribution in [1.82, 2.24) is 5.32 Å². The van der Waals surface area contributed by atoms with Crippen LogP contribution in [0.15, 0.2) is 12.7 Å². The summed E-state index contributed by atoms with van der Waals surface area (Å²) in [6, 6.07) is 0. The smallest absolute Gasteiger partial charge is 0.407 e. The molecule has 0 radical (unpaired) electrons. The van der Waals surface area contributed by atoms with E-state index in [1.165, 1.54) is 6.08 Å². The topological polar surface area (TPSA) is 73.9 Å². The van der Waals surface area contributed by atoms with E-state index in [-0.39, 0.29) is 18.0 Å². The SMILES string of the molecule is C=CCOC(=O)[C@H](CC(C)C)OCC(C)(C)CNC(=O)OC(C)(C)C. The van der Waals surface area contributed by atoms with E-state index in [9.17, 15) is 9.59 Å². The highest BCUT2D eigenvalue weighted by Gasteiger charge is 2.27. The highest BCUT2D eigenvalue weighted by molar-refractivity contribution is 5.74. The fourth-order valence-electron chi connectivity index (χ4n) is 1.90. The fourth-order valence-corrected chi connectivity index (χ4v) is 1.90. The van der Waals surface area contributed by atoms with Crippen LogP contribution < -0.4 is 5.32 Å². The predicted octanol–water partition coefficient (Wildman–Crippen LogP) is 3.70. The summed E-state index contributed by atoms with van der Waals surface area (Å²) in [4.78, 5) is 23.9. The minimum Gasteiger partial charge on any atom is -0.460 e.